The molecule has 6 atom stereocenters. The second-order valence-corrected chi connectivity index (χ2v) is 7.84. The van der Waals surface area contributed by atoms with Crippen molar-refractivity contribution in [1.29, 1.82) is 0 Å². The average molecular weight is 360 g/mol. The number of aliphatic hydroxyl groups is 2. The summed E-state index contributed by atoms with van der Waals surface area (Å²) in [5.41, 5.74) is 1.41. The number of carbonyl (C=O) groups is 1. The van der Waals surface area contributed by atoms with Crippen LogP contribution < -0.4 is 0 Å². The number of allylic oxidation sites excluding steroid dienone is 2. The molecule has 0 aromatic heterocycles. The molecular formula is C22H32O4. The van der Waals surface area contributed by atoms with Crippen molar-refractivity contribution in [3.8, 4) is 11.8 Å². The summed E-state index contributed by atoms with van der Waals surface area (Å²) < 4.78 is 0. The molecule has 0 saturated heterocycles. The summed E-state index contributed by atoms with van der Waals surface area (Å²) >= 11 is 0. The highest BCUT2D eigenvalue weighted by atomic mass is 16.4. The highest BCUT2D eigenvalue weighted by Gasteiger charge is 2.44. The number of carboxylic acid groups (broad SMARTS) is 1. The van der Waals surface area contributed by atoms with Crippen LogP contribution >= 0.6 is 0 Å². The molecule has 0 radical (unpaired) electrons. The van der Waals surface area contributed by atoms with Crippen LogP contribution in [0.5, 0.6) is 0 Å². The number of hydrogen-bond donors (Lipinski definition) is 3. The SMILES string of the molecule is CC#CCC(C)[C@H](O)/C=C/[C@@H]1[C@H]2CC(=CCCCC(=O)O)C[C@H]2C[C@H]1O. The predicted octanol–water partition coefficient (Wildman–Crippen LogP) is 3.54. The number of hydrogen-bond acceptors (Lipinski definition) is 3. The lowest BCUT2D eigenvalue weighted by atomic mass is 9.89. The summed E-state index contributed by atoms with van der Waals surface area (Å²) in [4.78, 5) is 10.6. The summed E-state index contributed by atoms with van der Waals surface area (Å²) in [6, 6.07) is 0. The van der Waals surface area contributed by atoms with Crippen LogP contribution in [0.15, 0.2) is 23.8 Å². The number of aliphatic carboxylic acids is 1. The molecule has 0 bridgehead atoms. The molecule has 0 aromatic rings. The van der Waals surface area contributed by atoms with Gasteiger partial charge in [-0.15, -0.1) is 11.8 Å². The normalized spacial score (nSPS) is 31.6. The Bertz CT molecular complexity index is 595. The van der Waals surface area contributed by atoms with Crippen molar-refractivity contribution < 1.29 is 20.1 Å². The highest BCUT2D eigenvalue weighted by Crippen LogP contribution is 2.50. The first-order valence-electron chi connectivity index (χ1n) is 9.76. The number of fused-ring (bicyclic) bond motifs is 1. The number of unbranched alkanes of at least 4 members (excludes halogenated alkanes) is 1. The van der Waals surface area contributed by atoms with Gasteiger partial charge in [0.25, 0.3) is 0 Å². The molecule has 0 heterocycles. The molecule has 3 N–H and O–H groups in total. The van der Waals surface area contributed by atoms with Gasteiger partial charge < -0.3 is 15.3 Å². The summed E-state index contributed by atoms with van der Waals surface area (Å²) in [7, 11) is 0. The van der Waals surface area contributed by atoms with Gasteiger partial charge in [0, 0.05) is 18.8 Å². The van der Waals surface area contributed by atoms with Crippen LogP contribution in [0.1, 0.15) is 58.8 Å². The summed E-state index contributed by atoms with van der Waals surface area (Å²) in [6.45, 7) is 3.79. The van der Waals surface area contributed by atoms with E-state index in [9.17, 15) is 15.0 Å². The third-order valence-electron chi connectivity index (χ3n) is 5.85. The van der Waals surface area contributed by atoms with Crippen molar-refractivity contribution >= 4 is 5.97 Å². The third-order valence-corrected chi connectivity index (χ3v) is 5.85. The fourth-order valence-electron chi connectivity index (χ4n) is 4.31. The van der Waals surface area contributed by atoms with E-state index < -0.39 is 12.1 Å². The minimum absolute atomic E-state index is 0.0845. The van der Waals surface area contributed by atoms with Gasteiger partial charge in [0.15, 0.2) is 0 Å². The zero-order chi connectivity index (χ0) is 19.1. The van der Waals surface area contributed by atoms with E-state index in [2.05, 4.69) is 17.9 Å². The number of aliphatic hydroxyl groups excluding tert-OH is 2. The van der Waals surface area contributed by atoms with Gasteiger partial charge in [-0.05, 0) is 56.8 Å². The van der Waals surface area contributed by atoms with Gasteiger partial charge in [-0.3, -0.25) is 4.79 Å². The molecule has 4 nitrogen and oxygen atoms in total. The molecule has 4 heteroatoms. The standard InChI is InChI=1S/C22H32O4/c1-3-4-7-15(2)20(23)11-10-18-19-13-16(8-5-6-9-22(25)26)12-17(19)14-21(18)24/h8,10-11,15,17-21,23-24H,5-7,9,12-14H2,1-2H3,(H,25,26)/b11-10+,16-8?/t15?,17-,18+,19-,20+,21+/m0/s1. The first kappa shape index (κ1) is 20.7. The van der Waals surface area contributed by atoms with Crippen LogP contribution in [0.25, 0.3) is 0 Å². The molecular weight excluding hydrogens is 328 g/mol. The van der Waals surface area contributed by atoms with Crippen LogP contribution in [-0.2, 0) is 4.79 Å². The van der Waals surface area contributed by atoms with Gasteiger partial charge in [0.05, 0.1) is 12.2 Å². The van der Waals surface area contributed by atoms with Crippen molar-refractivity contribution in [3.63, 3.8) is 0 Å². The van der Waals surface area contributed by atoms with Gasteiger partial charge in [-0.2, -0.15) is 0 Å². The minimum Gasteiger partial charge on any atom is -0.481 e. The Morgan fingerprint density at radius 1 is 1.38 bits per heavy atom. The Balaban J connectivity index is 1.89. The zero-order valence-electron chi connectivity index (χ0n) is 15.9. The molecule has 0 amide bonds. The Labute approximate surface area is 157 Å². The number of rotatable bonds is 8. The monoisotopic (exact) mass is 360 g/mol. The average Bonchev–Trinajstić information content (AvgIpc) is 3.10. The Morgan fingerprint density at radius 3 is 2.85 bits per heavy atom. The third kappa shape index (κ3) is 5.72. The van der Waals surface area contributed by atoms with Gasteiger partial charge in [-0.25, -0.2) is 0 Å². The largest absolute Gasteiger partial charge is 0.481 e. The molecule has 2 rings (SSSR count). The molecule has 2 saturated carbocycles. The van der Waals surface area contributed by atoms with Gasteiger partial charge in [-0.1, -0.05) is 30.7 Å². The smallest absolute Gasteiger partial charge is 0.303 e. The zero-order valence-corrected chi connectivity index (χ0v) is 15.9. The van der Waals surface area contributed by atoms with E-state index in [-0.39, 0.29) is 24.4 Å². The fraction of sp³-hybridized carbons (Fsp3) is 0.682. The lowest BCUT2D eigenvalue weighted by Crippen LogP contribution is -2.19. The summed E-state index contributed by atoms with van der Waals surface area (Å²) in [5, 5.41) is 29.4. The molecule has 2 aliphatic carbocycles. The van der Waals surface area contributed by atoms with Crippen molar-refractivity contribution in [2.75, 3.05) is 0 Å². The van der Waals surface area contributed by atoms with E-state index >= 15 is 0 Å². The van der Waals surface area contributed by atoms with E-state index in [1.807, 2.05) is 19.1 Å². The van der Waals surface area contributed by atoms with Crippen molar-refractivity contribution in [2.45, 2.75) is 71.0 Å². The lowest BCUT2D eigenvalue weighted by molar-refractivity contribution is -0.137. The van der Waals surface area contributed by atoms with Crippen LogP contribution in [0.3, 0.4) is 0 Å². The van der Waals surface area contributed by atoms with Crippen LogP contribution in [-0.4, -0.2) is 33.5 Å². The fourth-order valence-corrected chi connectivity index (χ4v) is 4.31. The molecule has 2 aliphatic rings. The van der Waals surface area contributed by atoms with E-state index in [1.165, 1.54) is 5.57 Å². The number of carboxylic acids is 1. The van der Waals surface area contributed by atoms with E-state index in [0.29, 0.717) is 24.7 Å². The van der Waals surface area contributed by atoms with Crippen molar-refractivity contribution in [3.05, 3.63) is 23.8 Å². The maximum atomic E-state index is 10.6. The van der Waals surface area contributed by atoms with Crippen LogP contribution in [0.4, 0.5) is 0 Å². The van der Waals surface area contributed by atoms with E-state index in [1.54, 1.807) is 6.92 Å². The molecule has 0 spiro atoms. The maximum Gasteiger partial charge on any atom is 0.303 e. The van der Waals surface area contributed by atoms with E-state index in [0.717, 1.165) is 25.7 Å². The predicted molar refractivity (Wildman–Crippen MR) is 102 cm³/mol. The molecule has 0 aliphatic heterocycles. The minimum atomic E-state index is -0.738. The first-order chi connectivity index (χ1) is 12.4. The van der Waals surface area contributed by atoms with Gasteiger partial charge in [0.2, 0.25) is 0 Å². The van der Waals surface area contributed by atoms with Crippen molar-refractivity contribution in [2.24, 2.45) is 23.7 Å². The lowest BCUT2D eigenvalue weighted by Gasteiger charge is -2.19. The molecule has 0 aromatic carbocycles. The van der Waals surface area contributed by atoms with Crippen molar-refractivity contribution in [1.82, 2.24) is 0 Å². The maximum absolute atomic E-state index is 10.6. The molecule has 2 fully saturated rings. The summed E-state index contributed by atoms with van der Waals surface area (Å²) in [6.07, 6.45) is 10.4. The quantitative estimate of drug-likeness (QED) is 0.351. The Morgan fingerprint density at radius 2 is 2.15 bits per heavy atom. The second kappa shape index (κ2) is 9.94. The van der Waals surface area contributed by atoms with Crippen LogP contribution in [0.2, 0.25) is 0 Å². The Kier molecular flexibility index (Phi) is 7.93. The van der Waals surface area contributed by atoms with Gasteiger partial charge in [0.1, 0.15) is 0 Å². The Hall–Kier alpha value is -1.57. The molecule has 144 valence electrons. The van der Waals surface area contributed by atoms with Gasteiger partial charge >= 0.3 is 5.97 Å². The molecule has 26 heavy (non-hydrogen) atoms. The first-order valence-corrected chi connectivity index (χ1v) is 9.76. The summed E-state index contributed by atoms with van der Waals surface area (Å²) in [5.74, 6) is 6.25. The topological polar surface area (TPSA) is 77.8 Å². The second-order valence-electron chi connectivity index (χ2n) is 7.84. The van der Waals surface area contributed by atoms with E-state index in [4.69, 9.17) is 5.11 Å². The molecule has 1 unspecified atom stereocenters. The highest BCUT2D eigenvalue weighted by molar-refractivity contribution is 5.66. The van der Waals surface area contributed by atoms with Crippen LogP contribution in [0, 0.1) is 35.5 Å².